The van der Waals surface area contributed by atoms with E-state index in [1.807, 2.05) is 19.1 Å². The first kappa shape index (κ1) is 15.4. The third kappa shape index (κ3) is 2.48. The fourth-order valence-electron chi connectivity index (χ4n) is 3.10. The molecule has 1 aromatic carbocycles. The Morgan fingerprint density at radius 1 is 1.28 bits per heavy atom. The van der Waals surface area contributed by atoms with Gasteiger partial charge in [0.1, 0.15) is 12.1 Å². The van der Waals surface area contributed by atoms with E-state index in [0.717, 1.165) is 22.9 Å². The summed E-state index contributed by atoms with van der Waals surface area (Å²) in [5.74, 6) is -0.541. The van der Waals surface area contributed by atoms with Gasteiger partial charge in [-0.1, -0.05) is 6.92 Å². The van der Waals surface area contributed by atoms with Gasteiger partial charge in [-0.2, -0.15) is 10.2 Å². The van der Waals surface area contributed by atoms with Gasteiger partial charge in [0.15, 0.2) is 5.65 Å². The molecule has 0 aliphatic rings. The monoisotopic (exact) mass is 337 g/mol. The lowest BCUT2D eigenvalue weighted by Crippen LogP contribution is -2.07. The first-order valence-corrected chi connectivity index (χ1v) is 7.97. The molecule has 6 nitrogen and oxygen atoms in total. The summed E-state index contributed by atoms with van der Waals surface area (Å²) in [4.78, 5) is 15.1. The van der Waals surface area contributed by atoms with Crippen molar-refractivity contribution in [1.82, 2.24) is 24.4 Å². The van der Waals surface area contributed by atoms with E-state index in [9.17, 15) is 9.18 Å². The summed E-state index contributed by atoms with van der Waals surface area (Å²) in [6.45, 7) is 1.91. The zero-order valence-electron chi connectivity index (χ0n) is 13.8. The van der Waals surface area contributed by atoms with Gasteiger partial charge in [0.05, 0.1) is 29.3 Å². The second kappa shape index (κ2) is 5.77. The lowest BCUT2D eigenvalue weighted by molar-refractivity contribution is -0.107. The van der Waals surface area contributed by atoms with E-state index in [2.05, 4.69) is 15.2 Å². The Bertz CT molecular complexity index is 1100. The Morgan fingerprint density at radius 2 is 2.12 bits per heavy atom. The molecule has 0 radical (unpaired) electrons. The average molecular weight is 337 g/mol. The van der Waals surface area contributed by atoms with Gasteiger partial charge in [0.25, 0.3) is 0 Å². The molecular weight excluding hydrogens is 321 g/mol. The maximum Gasteiger partial charge on any atom is 0.153 e. The minimum atomic E-state index is -0.289. The molecule has 3 heterocycles. The Labute approximate surface area is 142 Å². The zero-order valence-corrected chi connectivity index (χ0v) is 13.8. The molecule has 0 saturated heterocycles. The van der Waals surface area contributed by atoms with E-state index < -0.39 is 0 Å². The number of fused-ring (bicyclic) bond motifs is 2. The van der Waals surface area contributed by atoms with Crippen LogP contribution < -0.4 is 0 Å². The Balaban J connectivity index is 1.84. The van der Waals surface area contributed by atoms with Crippen LogP contribution in [0, 0.1) is 5.82 Å². The van der Waals surface area contributed by atoms with E-state index in [-0.39, 0.29) is 18.2 Å². The minimum Gasteiger partial charge on any atom is -0.303 e. The van der Waals surface area contributed by atoms with Crippen LogP contribution >= 0.6 is 0 Å². The highest BCUT2D eigenvalue weighted by Gasteiger charge is 2.19. The van der Waals surface area contributed by atoms with Gasteiger partial charge in [-0.25, -0.2) is 13.9 Å². The average Bonchev–Trinajstić information content (AvgIpc) is 3.18. The van der Waals surface area contributed by atoms with Crippen molar-refractivity contribution in [3.05, 3.63) is 59.4 Å². The third-order valence-electron chi connectivity index (χ3n) is 4.51. The maximum atomic E-state index is 14.7. The van der Waals surface area contributed by atoms with E-state index >= 15 is 0 Å². The van der Waals surface area contributed by atoms with E-state index in [0.29, 0.717) is 16.9 Å². The Hall–Kier alpha value is -3.09. The fraction of sp³-hybridized carbons (Fsp3) is 0.222. The van der Waals surface area contributed by atoms with Crippen molar-refractivity contribution >= 4 is 22.8 Å². The molecule has 1 unspecified atom stereocenters. The first-order valence-electron chi connectivity index (χ1n) is 7.97. The van der Waals surface area contributed by atoms with E-state index in [4.69, 9.17) is 0 Å². The summed E-state index contributed by atoms with van der Waals surface area (Å²) in [6, 6.07) is 6.90. The molecule has 4 aromatic rings. The molecule has 0 bridgehead atoms. The number of aryl methyl sites for hydroxylation is 1. The van der Waals surface area contributed by atoms with Crippen molar-refractivity contribution in [3.63, 3.8) is 0 Å². The number of hydrogen-bond donors (Lipinski definition) is 0. The second-order valence-corrected chi connectivity index (χ2v) is 6.07. The predicted molar refractivity (Wildman–Crippen MR) is 90.9 cm³/mol. The highest BCUT2D eigenvalue weighted by atomic mass is 19.1. The molecular formula is C18H16FN5O. The lowest BCUT2D eigenvalue weighted by atomic mass is 9.96. The number of carbonyl (C=O) groups is 1. The number of imidazole rings is 1. The standard InChI is InChI=1S/C18H16FN5O/c1-11(14-7-12-9-21-23(2)16(12)8-15(14)19)17-10-20-18-4-3-13(5-6-25)22-24(17)18/h3-4,6-11H,5H2,1-2H3. The number of aromatic nitrogens is 5. The molecule has 1 atom stereocenters. The molecule has 126 valence electrons. The van der Waals surface area contributed by atoms with Gasteiger partial charge < -0.3 is 4.79 Å². The van der Waals surface area contributed by atoms with Crippen molar-refractivity contribution < 1.29 is 9.18 Å². The minimum absolute atomic E-state index is 0.234. The molecule has 4 rings (SSSR count). The SMILES string of the molecule is CC(c1cc2cnn(C)c2cc1F)c1cnc2ccc(CC=O)nn12. The number of nitrogens with zero attached hydrogens (tertiary/aromatic N) is 5. The van der Waals surface area contributed by atoms with Gasteiger partial charge >= 0.3 is 0 Å². The Kier molecular flexibility index (Phi) is 3.56. The normalized spacial score (nSPS) is 12.8. The molecule has 25 heavy (non-hydrogen) atoms. The topological polar surface area (TPSA) is 65.1 Å². The molecule has 0 fully saturated rings. The number of rotatable bonds is 4. The van der Waals surface area contributed by atoms with Gasteiger partial charge in [-0.15, -0.1) is 0 Å². The van der Waals surface area contributed by atoms with Crippen LogP contribution in [0.25, 0.3) is 16.6 Å². The van der Waals surface area contributed by atoms with Crippen LogP contribution in [0.2, 0.25) is 0 Å². The van der Waals surface area contributed by atoms with Crippen molar-refractivity contribution in [2.24, 2.45) is 7.05 Å². The zero-order chi connectivity index (χ0) is 17.6. The van der Waals surface area contributed by atoms with Crippen LogP contribution in [0.1, 0.15) is 29.8 Å². The largest absolute Gasteiger partial charge is 0.303 e. The molecule has 7 heteroatoms. The quantitative estimate of drug-likeness (QED) is 0.537. The molecule has 3 aromatic heterocycles. The van der Waals surface area contributed by atoms with Gasteiger partial charge in [0, 0.05) is 30.8 Å². The summed E-state index contributed by atoms with van der Waals surface area (Å²) in [5, 5.41) is 9.50. The summed E-state index contributed by atoms with van der Waals surface area (Å²) in [7, 11) is 1.79. The highest BCUT2D eigenvalue weighted by molar-refractivity contribution is 5.79. The van der Waals surface area contributed by atoms with Crippen molar-refractivity contribution in [3.8, 4) is 0 Å². The predicted octanol–water partition coefficient (Wildman–Crippen LogP) is 2.65. The van der Waals surface area contributed by atoms with Crippen LogP contribution in [0.4, 0.5) is 4.39 Å². The lowest BCUT2D eigenvalue weighted by Gasteiger charge is -2.13. The maximum absolute atomic E-state index is 14.7. The molecule has 0 aliphatic heterocycles. The number of hydrogen-bond acceptors (Lipinski definition) is 4. The molecule has 0 amide bonds. The molecule has 0 N–H and O–H groups in total. The number of aldehydes is 1. The van der Waals surface area contributed by atoms with Crippen molar-refractivity contribution in [2.75, 3.05) is 0 Å². The summed E-state index contributed by atoms with van der Waals surface area (Å²) < 4.78 is 18.0. The van der Waals surface area contributed by atoms with E-state index in [1.54, 1.807) is 34.7 Å². The second-order valence-electron chi connectivity index (χ2n) is 6.07. The van der Waals surface area contributed by atoms with Crippen molar-refractivity contribution in [1.29, 1.82) is 0 Å². The fourth-order valence-corrected chi connectivity index (χ4v) is 3.10. The summed E-state index contributed by atoms with van der Waals surface area (Å²) >= 11 is 0. The number of halogens is 1. The number of carbonyl (C=O) groups excluding carboxylic acids is 1. The molecule has 0 aliphatic carbocycles. The van der Waals surface area contributed by atoms with Crippen molar-refractivity contribution in [2.45, 2.75) is 19.3 Å². The van der Waals surface area contributed by atoms with Crippen LogP contribution in [-0.2, 0) is 18.3 Å². The van der Waals surface area contributed by atoms with E-state index in [1.165, 1.54) is 6.07 Å². The van der Waals surface area contributed by atoms with Gasteiger partial charge in [0.2, 0.25) is 0 Å². The van der Waals surface area contributed by atoms with Gasteiger partial charge in [-0.05, 0) is 23.8 Å². The summed E-state index contributed by atoms with van der Waals surface area (Å²) in [5.41, 5.74) is 3.39. The van der Waals surface area contributed by atoms with Crippen LogP contribution in [0.5, 0.6) is 0 Å². The summed E-state index contributed by atoms with van der Waals surface area (Å²) in [6.07, 6.45) is 4.46. The molecule has 0 saturated carbocycles. The third-order valence-corrected chi connectivity index (χ3v) is 4.51. The first-order chi connectivity index (χ1) is 12.1. The molecule has 0 spiro atoms. The Morgan fingerprint density at radius 3 is 2.92 bits per heavy atom. The number of benzene rings is 1. The smallest absolute Gasteiger partial charge is 0.153 e. The highest BCUT2D eigenvalue weighted by Crippen LogP contribution is 2.29. The van der Waals surface area contributed by atoms with Crippen LogP contribution in [-0.4, -0.2) is 30.7 Å². The van der Waals surface area contributed by atoms with Gasteiger partial charge in [-0.3, -0.25) is 4.68 Å². The van der Waals surface area contributed by atoms with Crippen LogP contribution in [0.15, 0.2) is 36.7 Å². The van der Waals surface area contributed by atoms with Crippen LogP contribution in [0.3, 0.4) is 0 Å².